The van der Waals surface area contributed by atoms with Gasteiger partial charge in [0, 0.05) is 82.5 Å². The number of fused-ring (bicyclic) bond motifs is 2. The van der Waals surface area contributed by atoms with Gasteiger partial charge in [0.25, 0.3) is 0 Å². The molecule has 0 amide bonds. The van der Waals surface area contributed by atoms with Gasteiger partial charge in [-0.3, -0.25) is 19.6 Å². The van der Waals surface area contributed by atoms with Crippen molar-refractivity contribution >= 4 is 45.9 Å². The summed E-state index contributed by atoms with van der Waals surface area (Å²) in [6.07, 6.45) is 6.34. The summed E-state index contributed by atoms with van der Waals surface area (Å²) < 4.78 is 0. The van der Waals surface area contributed by atoms with Crippen LogP contribution in [0.15, 0.2) is 22.1 Å². The first kappa shape index (κ1) is 41.2. The van der Waals surface area contributed by atoms with Gasteiger partial charge in [-0.25, -0.2) is 0 Å². The third kappa shape index (κ3) is 8.48. The highest BCUT2D eigenvalue weighted by Gasteiger charge is 2.29. The van der Waals surface area contributed by atoms with E-state index in [1.807, 2.05) is 27.7 Å². The fraction of sp³-hybridized carbons (Fsp3) is 0.429. The second kappa shape index (κ2) is 17.5. The highest BCUT2D eigenvalue weighted by Crippen LogP contribution is 2.54. The van der Waals surface area contributed by atoms with Crippen molar-refractivity contribution < 1.29 is 50.4 Å². The molecular weight excluding hydrogens is 692 g/mol. The van der Waals surface area contributed by atoms with Crippen molar-refractivity contribution in [3.05, 3.63) is 45.5 Å². The van der Waals surface area contributed by atoms with E-state index in [1.165, 1.54) is 12.4 Å². The molecule has 4 aromatic rings. The molecule has 0 bridgehead atoms. The molecular formula is C42H52N2O10. The Morgan fingerprint density at radius 3 is 1.22 bits per heavy atom. The Balaban J connectivity index is 1.97. The molecule has 54 heavy (non-hydrogen) atoms. The van der Waals surface area contributed by atoms with Gasteiger partial charge >= 0.3 is 11.9 Å². The van der Waals surface area contributed by atoms with Crippen LogP contribution in [0.25, 0.3) is 32.7 Å². The van der Waals surface area contributed by atoms with E-state index in [2.05, 4.69) is 9.98 Å². The number of benzene rings is 4. The van der Waals surface area contributed by atoms with E-state index in [0.29, 0.717) is 84.6 Å². The summed E-state index contributed by atoms with van der Waals surface area (Å²) in [4.78, 5) is 30.6. The minimum Gasteiger partial charge on any atom is -0.507 e. The number of aryl methyl sites for hydroxylation is 2. The molecule has 8 N–H and O–H groups in total. The summed E-state index contributed by atoms with van der Waals surface area (Å²) in [7, 11) is 0. The van der Waals surface area contributed by atoms with E-state index in [1.54, 1.807) is 26.0 Å². The minimum absolute atomic E-state index is 0.0563. The van der Waals surface area contributed by atoms with Crippen LogP contribution < -0.4 is 0 Å². The van der Waals surface area contributed by atoms with Crippen molar-refractivity contribution in [2.75, 3.05) is 13.1 Å². The maximum atomic E-state index is 12.2. The number of aliphatic imine (C=N–C) groups is 2. The van der Waals surface area contributed by atoms with Crippen LogP contribution in [0.5, 0.6) is 34.5 Å². The van der Waals surface area contributed by atoms with E-state index in [9.17, 15) is 40.2 Å². The smallest absolute Gasteiger partial charge is 0.303 e. The highest BCUT2D eigenvalue weighted by molar-refractivity contribution is 6.15. The average Bonchev–Trinajstić information content (AvgIpc) is 3.08. The molecule has 0 atom stereocenters. The standard InChI is InChI=1S/C42H52N2O10/c1-21(2)31-25-17-23(5)33(39(51)35(25)27(37(49)41(31)53)19-43-15-11-7-9-13-29(45)46)34-24(6)18-26-32(22(3)4)42(54)38(50)28(36(26)40(34)52)20-44-16-12-8-10-14-30(47)48/h17-22,49-54H,7-16H2,1-6H3,(H,45,46)(H,47,48). The van der Waals surface area contributed by atoms with E-state index in [4.69, 9.17) is 10.2 Å². The maximum absolute atomic E-state index is 12.2. The van der Waals surface area contributed by atoms with Gasteiger partial charge in [-0.15, -0.1) is 0 Å². The van der Waals surface area contributed by atoms with Crippen LogP contribution in [-0.4, -0.2) is 78.3 Å². The lowest BCUT2D eigenvalue weighted by Crippen LogP contribution is -2.01. The zero-order valence-corrected chi connectivity index (χ0v) is 31.8. The number of hydrogen-bond donors (Lipinski definition) is 8. The summed E-state index contributed by atoms with van der Waals surface area (Å²) in [6.45, 7) is 11.6. The fourth-order valence-electron chi connectivity index (χ4n) is 7.25. The van der Waals surface area contributed by atoms with Crippen LogP contribution >= 0.6 is 0 Å². The molecule has 0 unspecified atom stereocenters. The topological polar surface area (TPSA) is 221 Å². The molecule has 0 heterocycles. The molecule has 0 fully saturated rings. The summed E-state index contributed by atoms with van der Waals surface area (Å²) in [5.41, 5.74) is 2.60. The number of carboxylic acid groups (broad SMARTS) is 2. The Hall–Kier alpha value is -5.52. The molecule has 4 rings (SSSR count). The molecule has 290 valence electrons. The normalized spacial score (nSPS) is 12.1. The SMILES string of the molecule is Cc1cc2c(C(C)C)c(O)c(O)c(C=NCCCCCC(=O)O)c2c(O)c1-c1c(C)cc2c(C(C)C)c(O)c(O)c(C=NCCCCCC(=O)O)c2c1O. The van der Waals surface area contributed by atoms with Gasteiger partial charge in [-0.2, -0.15) is 0 Å². The first-order valence-corrected chi connectivity index (χ1v) is 18.4. The number of carbonyl (C=O) groups is 2. The van der Waals surface area contributed by atoms with Gasteiger partial charge in [-0.05, 0) is 73.3 Å². The number of phenolic OH excluding ortho intramolecular Hbond substituents is 6. The van der Waals surface area contributed by atoms with Crippen molar-refractivity contribution in [3.63, 3.8) is 0 Å². The van der Waals surface area contributed by atoms with Crippen molar-refractivity contribution in [2.45, 2.75) is 105 Å². The van der Waals surface area contributed by atoms with Crippen LogP contribution in [0.2, 0.25) is 0 Å². The van der Waals surface area contributed by atoms with Gasteiger partial charge in [0.2, 0.25) is 0 Å². The van der Waals surface area contributed by atoms with E-state index < -0.39 is 23.4 Å². The molecule has 0 radical (unpaired) electrons. The number of aromatic hydroxyl groups is 6. The van der Waals surface area contributed by atoms with E-state index in [0.717, 1.165) is 0 Å². The second-order valence-corrected chi connectivity index (χ2v) is 14.5. The zero-order valence-electron chi connectivity index (χ0n) is 31.8. The number of aliphatic carboxylic acids is 2. The lowest BCUT2D eigenvalue weighted by molar-refractivity contribution is -0.138. The Morgan fingerprint density at radius 2 is 0.907 bits per heavy atom. The van der Waals surface area contributed by atoms with Crippen LogP contribution in [0.4, 0.5) is 0 Å². The van der Waals surface area contributed by atoms with Crippen LogP contribution in [0.3, 0.4) is 0 Å². The van der Waals surface area contributed by atoms with Gasteiger partial charge in [0.15, 0.2) is 23.0 Å². The number of rotatable bonds is 17. The molecule has 0 aliphatic heterocycles. The van der Waals surface area contributed by atoms with Gasteiger partial charge in [0.05, 0.1) is 0 Å². The molecule has 0 aliphatic rings. The molecule has 0 saturated heterocycles. The first-order chi connectivity index (χ1) is 25.5. The Bertz CT molecular complexity index is 1980. The predicted molar refractivity (Wildman–Crippen MR) is 212 cm³/mol. The van der Waals surface area contributed by atoms with Gasteiger partial charge in [-0.1, -0.05) is 52.7 Å². The van der Waals surface area contributed by atoms with Crippen molar-refractivity contribution in [2.24, 2.45) is 9.98 Å². The highest BCUT2D eigenvalue weighted by atomic mass is 16.4. The number of unbranched alkanes of at least 4 members (excludes halogenated alkanes) is 4. The zero-order chi connectivity index (χ0) is 40.0. The Morgan fingerprint density at radius 1 is 0.556 bits per heavy atom. The second-order valence-electron chi connectivity index (χ2n) is 14.5. The molecule has 4 aromatic carbocycles. The van der Waals surface area contributed by atoms with Crippen LogP contribution in [-0.2, 0) is 9.59 Å². The Kier molecular flexibility index (Phi) is 13.4. The number of hydrogen-bond acceptors (Lipinski definition) is 10. The quantitative estimate of drug-likeness (QED) is 0.0291. The van der Waals surface area contributed by atoms with Crippen molar-refractivity contribution in [1.29, 1.82) is 0 Å². The van der Waals surface area contributed by atoms with E-state index >= 15 is 0 Å². The summed E-state index contributed by atoms with van der Waals surface area (Å²) in [5, 5.41) is 88.7. The van der Waals surface area contributed by atoms with Crippen LogP contribution in [0, 0.1) is 13.8 Å². The lowest BCUT2D eigenvalue weighted by Gasteiger charge is -2.23. The summed E-state index contributed by atoms with van der Waals surface area (Å²) in [6, 6.07) is 3.57. The fourth-order valence-corrected chi connectivity index (χ4v) is 7.25. The van der Waals surface area contributed by atoms with Crippen molar-refractivity contribution in [3.8, 4) is 45.6 Å². The molecule has 12 heteroatoms. The monoisotopic (exact) mass is 744 g/mol. The maximum Gasteiger partial charge on any atom is 0.303 e. The first-order valence-electron chi connectivity index (χ1n) is 18.4. The van der Waals surface area contributed by atoms with Crippen LogP contribution in [0.1, 0.15) is 124 Å². The molecule has 0 saturated carbocycles. The number of phenols is 6. The molecule has 0 aromatic heterocycles. The number of nitrogens with zero attached hydrogens (tertiary/aromatic N) is 2. The lowest BCUT2D eigenvalue weighted by atomic mass is 9.83. The summed E-state index contributed by atoms with van der Waals surface area (Å²) >= 11 is 0. The largest absolute Gasteiger partial charge is 0.507 e. The molecule has 0 aliphatic carbocycles. The van der Waals surface area contributed by atoms with Gasteiger partial charge < -0.3 is 40.9 Å². The minimum atomic E-state index is -0.869. The Labute approximate surface area is 314 Å². The average molecular weight is 745 g/mol. The molecule has 12 nitrogen and oxygen atoms in total. The predicted octanol–water partition coefficient (Wildman–Crippen LogP) is 8.89. The summed E-state index contributed by atoms with van der Waals surface area (Å²) in [5.74, 6) is -4.40. The van der Waals surface area contributed by atoms with Crippen molar-refractivity contribution in [1.82, 2.24) is 0 Å². The third-order valence-electron chi connectivity index (χ3n) is 9.79. The van der Waals surface area contributed by atoms with Gasteiger partial charge in [0.1, 0.15) is 11.5 Å². The van der Waals surface area contributed by atoms with E-state index in [-0.39, 0.29) is 80.7 Å². The molecule has 0 spiro atoms. The third-order valence-corrected chi connectivity index (χ3v) is 9.79. The number of carboxylic acids is 2.